The van der Waals surface area contributed by atoms with Crippen LogP contribution in [-0.4, -0.2) is 36.1 Å². The minimum atomic E-state index is -1.84. The average Bonchev–Trinajstić information content (AvgIpc) is 2.49. The zero-order chi connectivity index (χ0) is 16.7. The number of ether oxygens (including phenoxy) is 1. The van der Waals surface area contributed by atoms with Crippen molar-refractivity contribution < 1.29 is 9.16 Å². The molecule has 0 aromatic heterocycles. The van der Waals surface area contributed by atoms with Crippen LogP contribution in [0, 0.1) is 0 Å². The number of rotatable bonds is 4. The summed E-state index contributed by atoms with van der Waals surface area (Å²) in [5.74, 6) is 0.727. The van der Waals surface area contributed by atoms with Crippen LogP contribution in [0.4, 0.5) is 0 Å². The molecule has 0 unspecified atom stereocenters. The molecule has 0 radical (unpaired) electrons. The number of methoxy groups -OCH3 is 1. The fraction of sp³-hybridized carbons (Fsp3) is 0.867. The van der Waals surface area contributed by atoms with E-state index in [0.717, 1.165) is 5.95 Å². The quantitative estimate of drug-likeness (QED) is 0.517. The molecule has 1 saturated heterocycles. The van der Waals surface area contributed by atoms with Gasteiger partial charge < -0.3 is 13.4 Å². The van der Waals surface area contributed by atoms with Crippen molar-refractivity contribution in [3.63, 3.8) is 0 Å². The lowest BCUT2D eigenvalue weighted by atomic mass is 10.2. The van der Waals surface area contributed by atoms with Crippen molar-refractivity contribution in [2.45, 2.75) is 77.2 Å². The van der Waals surface area contributed by atoms with Gasteiger partial charge in [-0.15, -0.1) is 0 Å². The van der Waals surface area contributed by atoms with Gasteiger partial charge in [-0.1, -0.05) is 47.0 Å². The molecule has 1 heterocycles. The van der Waals surface area contributed by atoms with Crippen LogP contribution in [0.5, 0.6) is 0 Å². The van der Waals surface area contributed by atoms with Crippen molar-refractivity contribution in [2.75, 3.05) is 7.11 Å². The van der Waals surface area contributed by atoms with Crippen LogP contribution in [-0.2, 0) is 9.16 Å². The van der Waals surface area contributed by atoms with Gasteiger partial charge in [-0.2, -0.15) is 0 Å². The van der Waals surface area contributed by atoms with E-state index < -0.39 is 24.8 Å². The third-order valence-corrected chi connectivity index (χ3v) is 19.5. The first-order valence-electron chi connectivity index (χ1n) is 7.97. The smallest absolute Gasteiger partial charge is 0.280 e. The van der Waals surface area contributed by atoms with Crippen LogP contribution in [0.15, 0.2) is 12.1 Å². The Morgan fingerprint density at radius 1 is 1.05 bits per heavy atom. The molecule has 0 N–H and O–H groups in total. The van der Waals surface area contributed by atoms with Gasteiger partial charge in [0.05, 0.1) is 13.3 Å². The molecule has 0 aromatic carbocycles. The summed E-state index contributed by atoms with van der Waals surface area (Å²) >= 11 is 0. The molecule has 0 spiro atoms. The molecule has 124 valence electrons. The topological polar surface area (TPSA) is 21.7 Å². The predicted molar refractivity (Wildman–Crippen MR) is 99.8 cm³/mol. The largest absolute Gasteiger partial charge is 0.518 e. The van der Waals surface area contributed by atoms with Crippen LogP contribution >= 0.6 is 0 Å². The SMILES string of the molecule is CO/C(=C/N1[Si](C)(C)CC[Si]1(C)C)O[Si](C)(C)C(C)(C)C. The van der Waals surface area contributed by atoms with Gasteiger partial charge in [0.1, 0.15) is 16.5 Å². The zero-order valence-electron chi connectivity index (χ0n) is 15.8. The van der Waals surface area contributed by atoms with E-state index in [4.69, 9.17) is 9.16 Å². The molecule has 3 nitrogen and oxygen atoms in total. The second-order valence-electron chi connectivity index (χ2n) is 9.01. The van der Waals surface area contributed by atoms with E-state index >= 15 is 0 Å². The van der Waals surface area contributed by atoms with E-state index in [1.54, 1.807) is 7.11 Å². The molecule has 1 aliphatic rings. The lowest BCUT2D eigenvalue weighted by molar-refractivity contribution is 0.136. The Kier molecular flexibility index (Phi) is 5.18. The second kappa shape index (κ2) is 5.77. The van der Waals surface area contributed by atoms with Crippen LogP contribution < -0.4 is 0 Å². The molecular formula is C15H35NO2Si3. The highest BCUT2D eigenvalue weighted by Gasteiger charge is 2.47. The van der Waals surface area contributed by atoms with Crippen LogP contribution in [0.3, 0.4) is 0 Å². The van der Waals surface area contributed by atoms with E-state index in [9.17, 15) is 0 Å². The highest BCUT2D eigenvalue weighted by Crippen LogP contribution is 2.40. The molecule has 0 atom stereocenters. The Hall–Kier alpha value is -0.209. The molecule has 0 amide bonds. The summed E-state index contributed by atoms with van der Waals surface area (Å²) < 4.78 is 14.7. The molecular weight excluding hydrogens is 310 g/mol. The average molecular weight is 346 g/mol. The molecule has 0 aromatic rings. The Labute approximate surface area is 135 Å². The Balaban J connectivity index is 3.05. The van der Waals surface area contributed by atoms with E-state index in [1.165, 1.54) is 12.1 Å². The van der Waals surface area contributed by atoms with Gasteiger partial charge in [-0.25, -0.2) is 0 Å². The Morgan fingerprint density at radius 2 is 1.48 bits per heavy atom. The van der Waals surface area contributed by atoms with Crippen molar-refractivity contribution in [1.82, 2.24) is 4.23 Å². The molecule has 1 aliphatic heterocycles. The maximum atomic E-state index is 6.38. The zero-order valence-corrected chi connectivity index (χ0v) is 18.8. The van der Waals surface area contributed by atoms with Gasteiger partial charge in [-0.3, -0.25) is 0 Å². The van der Waals surface area contributed by atoms with Crippen molar-refractivity contribution in [3.05, 3.63) is 12.1 Å². The van der Waals surface area contributed by atoms with E-state index in [-0.39, 0.29) is 5.04 Å². The van der Waals surface area contributed by atoms with Crippen molar-refractivity contribution in [1.29, 1.82) is 0 Å². The Morgan fingerprint density at radius 3 is 1.81 bits per heavy atom. The Bertz CT molecular complexity index is 396. The van der Waals surface area contributed by atoms with Gasteiger partial charge in [0.25, 0.3) is 14.3 Å². The van der Waals surface area contributed by atoms with Gasteiger partial charge in [0.15, 0.2) is 0 Å². The summed E-state index contributed by atoms with van der Waals surface area (Å²) in [4.78, 5) is 0. The fourth-order valence-corrected chi connectivity index (χ4v) is 17.1. The normalized spacial score (nSPS) is 22.4. The molecule has 6 heteroatoms. The van der Waals surface area contributed by atoms with E-state index in [2.05, 4.69) is 70.5 Å². The maximum Gasteiger partial charge on any atom is 0.280 e. The summed E-state index contributed by atoms with van der Waals surface area (Å²) in [6.07, 6.45) is 2.21. The van der Waals surface area contributed by atoms with Crippen LogP contribution in [0.2, 0.25) is 56.4 Å². The first-order chi connectivity index (χ1) is 9.23. The van der Waals surface area contributed by atoms with Crippen molar-refractivity contribution in [2.24, 2.45) is 0 Å². The summed E-state index contributed by atoms with van der Waals surface area (Å²) in [5, 5.41) is 0.190. The summed E-state index contributed by atoms with van der Waals surface area (Å²) in [6, 6.07) is 2.78. The maximum absolute atomic E-state index is 6.38. The number of hydrogen-bond donors (Lipinski definition) is 0. The summed E-state index contributed by atoms with van der Waals surface area (Å²) in [5.41, 5.74) is 0. The van der Waals surface area contributed by atoms with Crippen molar-refractivity contribution in [3.8, 4) is 0 Å². The monoisotopic (exact) mass is 345 g/mol. The molecule has 0 aliphatic carbocycles. The molecule has 0 bridgehead atoms. The molecule has 1 rings (SSSR count). The molecule has 21 heavy (non-hydrogen) atoms. The fourth-order valence-electron chi connectivity index (χ4n) is 2.65. The van der Waals surface area contributed by atoms with E-state index in [0.29, 0.717) is 0 Å². The van der Waals surface area contributed by atoms with Gasteiger partial charge >= 0.3 is 0 Å². The lowest BCUT2D eigenvalue weighted by Crippen LogP contribution is -2.52. The predicted octanol–water partition coefficient (Wildman–Crippen LogP) is 5.18. The summed E-state index contributed by atoms with van der Waals surface area (Å²) in [7, 11) is -2.77. The van der Waals surface area contributed by atoms with Crippen LogP contribution in [0.1, 0.15) is 20.8 Å². The van der Waals surface area contributed by atoms with Gasteiger partial charge in [-0.05, 0) is 30.2 Å². The van der Waals surface area contributed by atoms with Crippen molar-refractivity contribution >= 4 is 24.8 Å². The minimum Gasteiger partial charge on any atom is -0.518 e. The summed E-state index contributed by atoms with van der Waals surface area (Å²) in [6.45, 7) is 21.2. The van der Waals surface area contributed by atoms with Crippen LogP contribution in [0.25, 0.3) is 0 Å². The standard InChI is InChI=1S/C15H35NO2Si3/c1-15(2,3)21(9,10)18-14(17-4)13-16-19(5,6)11-12-20(16,7)8/h13H,11-12H2,1-10H3/b14-13-. The molecule has 1 fully saturated rings. The highest BCUT2D eigenvalue weighted by molar-refractivity contribution is 6.95. The first-order valence-corrected chi connectivity index (χ1v) is 17.2. The number of nitrogens with zero attached hydrogens (tertiary/aromatic N) is 1. The minimum absolute atomic E-state index is 0.190. The highest BCUT2D eigenvalue weighted by atomic mass is 28.4. The third kappa shape index (κ3) is 4.16. The van der Waals surface area contributed by atoms with Gasteiger partial charge in [0, 0.05) is 0 Å². The number of hydrogen-bond acceptors (Lipinski definition) is 3. The van der Waals surface area contributed by atoms with Gasteiger partial charge in [0.2, 0.25) is 0 Å². The molecule has 0 saturated carbocycles. The van der Waals surface area contributed by atoms with E-state index in [1.807, 2.05) is 0 Å². The second-order valence-corrected chi connectivity index (χ2v) is 23.4. The first kappa shape index (κ1) is 18.8. The lowest BCUT2D eigenvalue weighted by Gasteiger charge is -2.40. The third-order valence-electron chi connectivity index (χ3n) is 5.25.